The van der Waals surface area contributed by atoms with Gasteiger partial charge in [-0.05, 0) is 47.8 Å². The first-order valence-corrected chi connectivity index (χ1v) is 10.5. The van der Waals surface area contributed by atoms with Gasteiger partial charge in [-0.3, -0.25) is 0 Å². The lowest BCUT2D eigenvalue weighted by Crippen LogP contribution is -2.36. The maximum Gasteiger partial charge on any atom is 0.334 e. The van der Waals surface area contributed by atoms with Crippen LogP contribution in [0.3, 0.4) is 0 Å². The summed E-state index contributed by atoms with van der Waals surface area (Å²) in [5.41, 5.74) is 2.87. The molecule has 2 aromatic rings. The van der Waals surface area contributed by atoms with Crippen molar-refractivity contribution >= 4 is 12.0 Å². The van der Waals surface area contributed by atoms with Gasteiger partial charge in [0, 0.05) is 12.0 Å². The third-order valence-electron chi connectivity index (χ3n) is 5.86. The number of hydrogen-bond acceptors (Lipinski definition) is 2. The summed E-state index contributed by atoms with van der Waals surface area (Å²) in [7, 11) is 0. The second kappa shape index (κ2) is 9.73. The van der Waals surface area contributed by atoms with Crippen molar-refractivity contribution in [1.29, 1.82) is 0 Å². The molecule has 0 spiro atoms. The molecule has 28 heavy (non-hydrogen) atoms. The van der Waals surface area contributed by atoms with Gasteiger partial charge in [-0.25, -0.2) is 4.79 Å². The van der Waals surface area contributed by atoms with Crippen molar-refractivity contribution in [3.63, 3.8) is 0 Å². The minimum Gasteiger partial charge on any atom is -0.459 e. The number of hydrogen-bond donors (Lipinski definition) is 0. The van der Waals surface area contributed by atoms with Crippen molar-refractivity contribution in [3.8, 4) is 0 Å². The van der Waals surface area contributed by atoms with Crippen molar-refractivity contribution < 1.29 is 9.53 Å². The second-order valence-electron chi connectivity index (χ2n) is 8.51. The number of rotatable bonds is 6. The summed E-state index contributed by atoms with van der Waals surface area (Å²) in [5, 5.41) is 0. The van der Waals surface area contributed by atoms with Crippen molar-refractivity contribution in [3.05, 3.63) is 77.4 Å². The summed E-state index contributed by atoms with van der Waals surface area (Å²) in [6, 6.07) is 20.2. The molecule has 1 saturated carbocycles. The van der Waals surface area contributed by atoms with E-state index in [1.165, 1.54) is 6.42 Å². The van der Waals surface area contributed by atoms with Crippen LogP contribution >= 0.6 is 0 Å². The van der Waals surface area contributed by atoms with E-state index >= 15 is 0 Å². The predicted molar refractivity (Wildman–Crippen MR) is 116 cm³/mol. The molecule has 0 heterocycles. The minimum atomic E-state index is -0.169. The third-order valence-corrected chi connectivity index (χ3v) is 5.86. The summed E-state index contributed by atoms with van der Waals surface area (Å²) in [4.78, 5) is 13.2. The topological polar surface area (TPSA) is 26.3 Å². The van der Waals surface area contributed by atoms with Gasteiger partial charge in [0.25, 0.3) is 0 Å². The molecule has 0 saturated heterocycles. The Morgan fingerprint density at radius 1 is 1.04 bits per heavy atom. The number of carbonyl (C=O) groups excluding carboxylic acids is 1. The Hall–Kier alpha value is -2.35. The molecule has 2 heteroatoms. The first-order chi connectivity index (χ1) is 13.5. The summed E-state index contributed by atoms with van der Waals surface area (Å²) in [6.07, 6.45) is 5.93. The Balaban J connectivity index is 1.82. The van der Waals surface area contributed by atoms with E-state index in [4.69, 9.17) is 4.74 Å². The summed E-state index contributed by atoms with van der Waals surface area (Å²) in [6.45, 7) is 6.75. The van der Waals surface area contributed by atoms with E-state index in [1.807, 2.05) is 54.6 Å². The lowest BCUT2D eigenvalue weighted by atomic mass is 9.75. The molecular weight excluding hydrogens is 344 g/mol. The van der Waals surface area contributed by atoms with Crippen molar-refractivity contribution in [2.45, 2.75) is 52.6 Å². The van der Waals surface area contributed by atoms with Crippen LogP contribution in [0.25, 0.3) is 6.08 Å². The summed E-state index contributed by atoms with van der Waals surface area (Å²) in [5.74, 6) is 1.43. The van der Waals surface area contributed by atoms with Crippen LogP contribution in [0.4, 0.5) is 0 Å². The van der Waals surface area contributed by atoms with E-state index in [-0.39, 0.29) is 12.1 Å². The first kappa shape index (κ1) is 20.4. The van der Waals surface area contributed by atoms with Crippen LogP contribution in [0.1, 0.15) is 51.2 Å². The van der Waals surface area contributed by atoms with Crippen LogP contribution in [0.2, 0.25) is 0 Å². The SMILES string of the molecule is CC(C)[C@@H]1CC[C@@H](C)C[C@H]1OC(=O)C(=Cc1ccccc1)Cc1ccccc1. The zero-order chi connectivity index (χ0) is 19.9. The normalized spacial score (nSPS) is 22.9. The molecule has 148 valence electrons. The number of ether oxygens (including phenoxy) is 1. The predicted octanol–water partition coefficient (Wildman–Crippen LogP) is 6.32. The third kappa shape index (κ3) is 5.58. The van der Waals surface area contributed by atoms with Gasteiger partial charge in [0.15, 0.2) is 0 Å². The van der Waals surface area contributed by atoms with E-state index in [0.29, 0.717) is 24.2 Å². The highest BCUT2D eigenvalue weighted by atomic mass is 16.5. The number of carbonyl (C=O) groups is 1. The monoisotopic (exact) mass is 376 g/mol. The van der Waals surface area contributed by atoms with Crippen LogP contribution in [0, 0.1) is 17.8 Å². The van der Waals surface area contributed by atoms with E-state index in [9.17, 15) is 4.79 Å². The smallest absolute Gasteiger partial charge is 0.334 e. The Morgan fingerprint density at radius 2 is 1.68 bits per heavy atom. The van der Waals surface area contributed by atoms with Gasteiger partial charge in [-0.15, -0.1) is 0 Å². The van der Waals surface area contributed by atoms with Crippen LogP contribution in [-0.4, -0.2) is 12.1 Å². The van der Waals surface area contributed by atoms with Crippen molar-refractivity contribution in [2.24, 2.45) is 17.8 Å². The molecule has 1 aliphatic carbocycles. The Bertz CT molecular complexity index is 777. The van der Waals surface area contributed by atoms with Crippen LogP contribution in [0.5, 0.6) is 0 Å². The molecule has 0 aliphatic heterocycles. The fraction of sp³-hybridized carbons (Fsp3) is 0.423. The molecule has 2 aromatic carbocycles. The first-order valence-electron chi connectivity index (χ1n) is 10.5. The Morgan fingerprint density at radius 3 is 2.32 bits per heavy atom. The molecule has 3 atom stereocenters. The van der Waals surface area contributed by atoms with Gasteiger partial charge in [-0.2, -0.15) is 0 Å². The minimum absolute atomic E-state index is 0.0196. The Labute approximate surface area is 169 Å². The van der Waals surface area contributed by atoms with Crippen molar-refractivity contribution in [2.75, 3.05) is 0 Å². The highest BCUT2D eigenvalue weighted by Gasteiger charge is 2.33. The van der Waals surface area contributed by atoms with Crippen molar-refractivity contribution in [1.82, 2.24) is 0 Å². The van der Waals surface area contributed by atoms with E-state index < -0.39 is 0 Å². The van der Waals surface area contributed by atoms with Gasteiger partial charge < -0.3 is 4.74 Å². The average molecular weight is 377 g/mol. The molecule has 0 amide bonds. The van der Waals surface area contributed by atoms with E-state index in [2.05, 4.69) is 32.9 Å². The standard InChI is InChI=1S/C26H32O2/c1-19(2)24-15-14-20(3)16-25(24)28-26(27)23(17-21-10-6-4-7-11-21)18-22-12-8-5-9-13-22/h4-13,17,19-20,24-25H,14-16,18H2,1-3H3/t20-,24+,25-/m1/s1. The van der Waals surface area contributed by atoms with E-state index in [1.54, 1.807) is 0 Å². The van der Waals surface area contributed by atoms with Gasteiger partial charge in [0.05, 0.1) is 0 Å². The van der Waals surface area contributed by atoms with Gasteiger partial charge in [0.1, 0.15) is 6.10 Å². The molecular formula is C26H32O2. The molecule has 0 unspecified atom stereocenters. The lowest BCUT2D eigenvalue weighted by Gasteiger charge is -2.36. The van der Waals surface area contributed by atoms with Gasteiger partial charge in [-0.1, -0.05) is 87.9 Å². The van der Waals surface area contributed by atoms with Crippen LogP contribution < -0.4 is 0 Å². The van der Waals surface area contributed by atoms with Crippen LogP contribution in [-0.2, 0) is 16.0 Å². The molecule has 1 fully saturated rings. The lowest BCUT2D eigenvalue weighted by molar-refractivity contribution is -0.151. The second-order valence-corrected chi connectivity index (χ2v) is 8.51. The maximum absolute atomic E-state index is 13.2. The average Bonchev–Trinajstić information content (AvgIpc) is 2.69. The largest absolute Gasteiger partial charge is 0.459 e. The van der Waals surface area contributed by atoms with E-state index in [0.717, 1.165) is 29.5 Å². The zero-order valence-electron chi connectivity index (χ0n) is 17.3. The molecule has 3 rings (SSSR count). The quantitative estimate of drug-likeness (QED) is 0.436. The fourth-order valence-corrected chi connectivity index (χ4v) is 4.21. The fourth-order valence-electron chi connectivity index (χ4n) is 4.21. The maximum atomic E-state index is 13.2. The van der Waals surface area contributed by atoms with Gasteiger partial charge in [0.2, 0.25) is 0 Å². The molecule has 0 bridgehead atoms. The van der Waals surface area contributed by atoms with Gasteiger partial charge >= 0.3 is 5.97 Å². The highest BCUT2D eigenvalue weighted by Crippen LogP contribution is 2.35. The Kier molecular flexibility index (Phi) is 7.08. The molecule has 1 aliphatic rings. The zero-order valence-corrected chi connectivity index (χ0v) is 17.3. The molecule has 0 N–H and O–H groups in total. The number of benzene rings is 2. The summed E-state index contributed by atoms with van der Waals surface area (Å²) < 4.78 is 6.14. The van der Waals surface area contributed by atoms with Crippen LogP contribution in [0.15, 0.2) is 66.2 Å². The number of esters is 1. The molecule has 0 radical (unpaired) electrons. The molecule has 2 nitrogen and oxygen atoms in total. The molecule has 0 aromatic heterocycles. The summed E-state index contributed by atoms with van der Waals surface area (Å²) >= 11 is 0. The highest BCUT2D eigenvalue weighted by molar-refractivity contribution is 5.94.